The highest BCUT2D eigenvalue weighted by molar-refractivity contribution is 9.10. The summed E-state index contributed by atoms with van der Waals surface area (Å²) in [5, 5.41) is 1.38. The number of benzene rings is 2. The van der Waals surface area contributed by atoms with Gasteiger partial charge in [0, 0.05) is 25.3 Å². The number of hydrogen-bond donors (Lipinski definition) is 1. The Labute approximate surface area is 142 Å². The van der Waals surface area contributed by atoms with Crippen molar-refractivity contribution in [3.05, 3.63) is 56.5 Å². The molecule has 0 saturated heterocycles. The first-order valence-corrected chi connectivity index (χ1v) is 8.49. The van der Waals surface area contributed by atoms with Crippen molar-refractivity contribution in [1.29, 1.82) is 0 Å². The summed E-state index contributed by atoms with van der Waals surface area (Å²) >= 11 is 17.4. The molecule has 0 aliphatic heterocycles. The Bertz CT molecular complexity index is 617. The highest BCUT2D eigenvalue weighted by Gasteiger charge is 2.10. The fourth-order valence-corrected chi connectivity index (χ4v) is 3.85. The smallest absolute Gasteiger partial charge is 0.0546 e. The van der Waals surface area contributed by atoms with E-state index in [4.69, 9.17) is 28.9 Å². The summed E-state index contributed by atoms with van der Waals surface area (Å²) in [6.45, 7) is 2.00. The second kappa shape index (κ2) is 7.19. The molecule has 0 radical (unpaired) electrons. The minimum atomic E-state index is 0.116. The maximum Gasteiger partial charge on any atom is 0.0546 e. The molecule has 2 N–H and O–H groups in total. The predicted octanol–water partition coefficient (Wildman–Crippen LogP) is 5.80. The maximum atomic E-state index is 6.23. The van der Waals surface area contributed by atoms with E-state index in [1.165, 1.54) is 5.56 Å². The Morgan fingerprint density at radius 3 is 2.60 bits per heavy atom. The van der Waals surface area contributed by atoms with Gasteiger partial charge in [0.25, 0.3) is 0 Å². The first-order chi connectivity index (χ1) is 9.45. The molecule has 20 heavy (non-hydrogen) atoms. The molecule has 2 rings (SSSR count). The van der Waals surface area contributed by atoms with Crippen molar-refractivity contribution in [2.45, 2.75) is 29.2 Å². The highest BCUT2D eigenvalue weighted by atomic mass is 79.9. The van der Waals surface area contributed by atoms with Crippen molar-refractivity contribution in [2.75, 3.05) is 0 Å². The molecule has 0 fully saturated rings. The summed E-state index contributed by atoms with van der Waals surface area (Å²) in [6.07, 6.45) is 0.827. The van der Waals surface area contributed by atoms with Gasteiger partial charge in [0.1, 0.15) is 0 Å². The van der Waals surface area contributed by atoms with Crippen LogP contribution in [0.3, 0.4) is 0 Å². The van der Waals surface area contributed by atoms with Gasteiger partial charge < -0.3 is 5.73 Å². The van der Waals surface area contributed by atoms with Crippen LogP contribution in [-0.2, 0) is 6.42 Å². The molecular formula is C15H14BrCl2NS. The molecule has 2 aromatic carbocycles. The Morgan fingerprint density at radius 2 is 1.90 bits per heavy atom. The average molecular weight is 391 g/mol. The molecule has 5 heteroatoms. The first-order valence-electron chi connectivity index (χ1n) is 6.12. The fraction of sp³-hybridized carbons (Fsp3) is 0.200. The van der Waals surface area contributed by atoms with Gasteiger partial charge in [0.2, 0.25) is 0 Å². The van der Waals surface area contributed by atoms with E-state index in [2.05, 4.69) is 28.1 Å². The second-order valence-electron chi connectivity index (χ2n) is 4.61. The average Bonchev–Trinajstić information content (AvgIpc) is 2.37. The molecule has 0 aliphatic carbocycles. The lowest BCUT2D eigenvalue weighted by molar-refractivity contribution is 0.729. The summed E-state index contributed by atoms with van der Waals surface area (Å²) < 4.78 is 1.03. The zero-order chi connectivity index (χ0) is 14.7. The van der Waals surface area contributed by atoms with Crippen molar-refractivity contribution in [1.82, 2.24) is 0 Å². The normalized spacial score (nSPS) is 12.4. The number of hydrogen-bond acceptors (Lipinski definition) is 2. The van der Waals surface area contributed by atoms with Gasteiger partial charge in [-0.2, -0.15) is 0 Å². The lowest BCUT2D eigenvalue weighted by atomic mass is 10.1. The van der Waals surface area contributed by atoms with Crippen LogP contribution in [0.25, 0.3) is 0 Å². The van der Waals surface area contributed by atoms with Gasteiger partial charge >= 0.3 is 0 Å². The molecular weight excluding hydrogens is 377 g/mol. The standard InChI is InChI=1S/C15H14BrCl2NS/c1-9(19)6-10-2-3-11(16)7-14(10)20-15-8-12(17)4-5-13(15)18/h2-5,7-9H,6,19H2,1H3. The third-order valence-electron chi connectivity index (χ3n) is 2.68. The minimum absolute atomic E-state index is 0.116. The molecule has 0 saturated carbocycles. The number of rotatable bonds is 4. The van der Waals surface area contributed by atoms with E-state index >= 15 is 0 Å². The third-order valence-corrected chi connectivity index (χ3v) is 5.01. The van der Waals surface area contributed by atoms with Gasteiger partial charge in [-0.25, -0.2) is 0 Å². The van der Waals surface area contributed by atoms with E-state index in [1.54, 1.807) is 17.8 Å². The minimum Gasteiger partial charge on any atom is -0.328 e. The summed E-state index contributed by atoms with van der Waals surface area (Å²) in [7, 11) is 0. The van der Waals surface area contributed by atoms with E-state index in [-0.39, 0.29) is 6.04 Å². The van der Waals surface area contributed by atoms with Gasteiger partial charge in [-0.15, -0.1) is 0 Å². The van der Waals surface area contributed by atoms with Gasteiger partial charge in [0.05, 0.1) is 5.02 Å². The SMILES string of the molecule is CC(N)Cc1ccc(Br)cc1Sc1cc(Cl)ccc1Cl. The van der Waals surface area contributed by atoms with E-state index in [9.17, 15) is 0 Å². The van der Waals surface area contributed by atoms with Crippen LogP contribution in [0.1, 0.15) is 12.5 Å². The zero-order valence-electron chi connectivity index (χ0n) is 10.9. The van der Waals surface area contributed by atoms with Crippen molar-refractivity contribution >= 4 is 50.9 Å². The Hall–Kier alpha value is -0.190. The fourth-order valence-electron chi connectivity index (χ4n) is 1.81. The summed E-state index contributed by atoms with van der Waals surface area (Å²) in [5.74, 6) is 0. The molecule has 1 nitrogen and oxygen atoms in total. The third kappa shape index (κ3) is 4.40. The molecule has 0 heterocycles. The molecule has 106 valence electrons. The summed E-state index contributed by atoms with van der Waals surface area (Å²) in [4.78, 5) is 2.09. The molecule has 0 amide bonds. The Balaban J connectivity index is 2.36. The summed E-state index contributed by atoms with van der Waals surface area (Å²) in [6, 6.07) is 11.8. The largest absolute Gasteiger partial charge is 0.328 e. The van der Waals surface area contributed by atoms with Crippen molar-refractivity contribution < 1.29 is 0 Å². The van der Waals surface area contributed by atoms with E-state index in [0.717, 1.165) is 20.7 Å². The monoisotopic (exact) mass is 389 g/mol. The van der Waals surface area contributed by atoms with Crippen LogP contribution in [0.15, 0.2) is 50.7 Å². The summed E-state index contributed by atoms with van der Waals surface area (Å²) in [5.41, 5.74) is 7.12. The lowest BCUT2D eigenvalue weighted by Gasteiger charge is -2.13. The lowest BCUT2D eigenvalue weighted by Crippen LogP contribution is -2.18. The number of halogens is 3. The maximum absolute atomic E-state index is 6.23. The van der Waals surface area contributed by atoms with Crippen LogP contribution < -0.4 is 5.73 Å². The van der Waals surface area contributed by atoms with E-state index in [0.29, 0.717) is 10.0 Å². The topological polar surface area (TPSA) is 26.0 Å². The van der Waals surface area contributed by atoms with Gasteiger partial charge in [-0.05, 0) is 49.2 Å². The molecule has 1 atom stereocenters. The molecule has 2 aromatic rings. The molecule has 0 aromatic heterocycles. The van der Waals surface area contributed by atoms with Crippen LogP contribution in [0.4, 0.5) is 0 Å². The van der Waals surface area contributed by atoms with E-state index < -0.39 is 0 Å². The predicted molar refractivity (Wildman–Crippen MR) is 92.1 cm³/mol. The molecule has 0 bridgehead atoms. The van der Waals surface area contributed by atoms with E-state index in [1.807, 2.05) is 25.1 Å². The van der Waals surface area contributed by atoms with Crippen LogP contribution >= 0.6 is 50.9 Å². The highest BCUT2D eigenvalue weighted by Crippen LogP contribution is 2.38. The van der Waals surface area contributed by atoms with Crippen molar-refractivity contribution in [2.24, 2.45) is 5.73 Å². The van der Waals surface area contributed by atoms with Crippen LogP contribution in [0.2, 0.25) is 10.0 Å². The van der Waals surface area contributed by atoms with Crippen molar-refractivity contribution in [3.63, 3.8) is 0 Å². The van der Waals surface area contributed by atoms with Gasteiger partial charge in [-0.3, -0.25) is 0 Å². The first kappa shape index (κ1) is 16.2. The van der Waals surface area contributed by atoms with Crippen LogP contribution in [0.5, 0.6) is 0 Å². The Morgan fingerprint density at radius 1 is 1.15 bits per heavy atom. The quantitative estimate of drug-likeness (QED) is 0.713. The van der Waals surface area contributed by atoms with Crippen LogP contribution in [0, 0.1) is 0 Å². The second-order valence-corrected chi connectivity index (χ2v) is 7.45. The van der Waals surface area contributed by atoms with Gasteiger partial charge in [0.15, 0.2) is 0 Å². The molecule has 1 unspecified atom stereocenters. The van der Waals surface area contributed by atoms with Crippen LogP contribution in [-0.4, -0.2) is 6.04 Å². The molecule has 0 spiro atoms. The molecule has 0 aliphatic rings. The van der Waals surface area contributed by atoms with Gasteiger partial charge in [-0.1, -0.05) is 57.0 Å². The Kier molecular flexibility index (Phi) is 5.82. The number of nitrogens with two attached hydrogens (primary N) is 1. The van der Waals surface area contributed by atoms with Crippen molar-refractivity contribution in [3.8, 4) is 0 Å². The zero-order valence-corrected chi connectivity index (χ0v) is 14.8.